The van der Waals surface area contributed by atoms with E-state index >= 15 is 0 Å². The quantitative estimate of drug-likeness (QED) is 0.0413. The van der Waals surface area contributed by atoms with Crippen molar-refractivity contribution in [3.05, 3.63) is 0 Å². The maximum Gasteiger partial charge on any atom is 0.326 e. The van der Waals surface area contributed by atoms with Gasteiger partial charge < -0.3 is 55.5 Å². The standard InChI is InChI=1S/C22H43N11O6/c1-3-11(2)16(20(38)39)33-19(37)14(10-15(24)34)32-18(36)13(7-5-9-30-22(27)28)31-17(35)12(23)6-4-8-29-21(25)26/h11-14,16H,3-10,23H2,1-2H3,(H2,24,34)(H,31,35)(H,32,36)(H,33,37)(H,38,39)(H4,25,26,29)(H4,27,28,30). The van der Waals surface area contributed by atoms with Gasteiger partial charge in [-0.15, -0.1) is 0 Å². The molecule has 0 radical (unpaired) electrons. The first-order valence-electron chi connectivity index (χ1n) is 12.5. The lowest BCUT2D eigenvalue weighted by molar-refractivity contribution is -0.144. The van der Waals surface area contributed by atoms with Gasteiger partial charge in [0.05, 0.1) is 12.5 Å². The fraction of sp³-hybridized carbons (Fsp3) is 0.682. The van der Waals surface area contributed by atoms with Crippen molar-refractivity contribution in [1.29, 1.82) is 0 Å². The van der Waals surface area contributed by atoms with Crippen LogP contribution in [0.2, 0.25) is 0 Å². The maximum absolute atomic E-state index is 13.1. The number of aliphatic imine (C=N–C) groups is 2. The largest absolute Gasteiger partial charge is 0.480 e. The Morgan fingerprint density at radius 2 is 1.26 bits per heavy atom. The minimum atomic E-state index is -1.49. The number of nitrogens with zero attached hydrogens (tertiary/aromatic N) is 2. The zero-order chi connectivity index (χ0) is 30.1. The highest BCUT2D eigenvalue weighted by Gasteiger charge is 2.32. The second-order valence-electron chi connectivity index (χ2n) is 9.01. The molecule has 0 rings (SSSR count). The number of guanidine groups is 2. The maximum atomic E-state index is 13.1. The van der Waals surface area contributed by atoms with Crippen LogP contribution in [0, 0.1) is 5.92 Å². The molecule has 0 bridgehead atoms. The van der Waals surface area contributed by atoms with Crippen molar-refractivity contribution in [3.63, 3.8) is 0 Å². The molecule has 0 heterocycles. The molecule has 0 aromatic heterocycles. The van der Waals surface area contributed by atoms with E-state index in [1.807, 2.05) is 0 Å². The molecule has 5 unspecified atom stereocenters. The molecule has 0 aliphatic heterocycles. The predicted molar refractivity (Wildman–Crippen MR) is 144 cm³/mol. The molecule has 5 atom stereocenters. The number of rotatable bonds is 19. The van der Waals surface area contributed by atoms with Gasteiger partial charge in [-0.05, 0) is 31.6 Å². The Kier molecular flexibility index (Phi) is 16.2. The van der Waals surface area contributed by atoms with Crippen molar-refractivity contribution < 1.29 is 29.1 Å². The Balaban J connectivity index is 5.63. The van der Waals surface area contributed by atoms with Gasteiger partial charge in [-0.1, -0.05) is 20.3 Å². The average Bonchev–Trinajstić information content (AvgIpc) is 2.84. The van der Waals surface area contributed by atoms with Crippen LogP contribution < -0.4 is 50.4 Å². The van der Waals surface area contributed by atoms with Crippen molar-refractivity contribution in [2.45, 2.75) is 76.5 Å². The summed E-state index contributed by atoms with van der Waals surface area (Å²) in [7, 11) is 0. The third kappa shape index (κ3) is 15.0. The van der Waals surface area contributed by atoms with E-state index in [4.69, 9.17) is 34.4 Å². The van der Waals surface area contributed by atoms with E-state index in [0.717, 1.165) is 0 Å². The van der Waals surface area contributed by atoms with Crippen molar-refractivity contribution in [3.8, 4) is 0 Å². The first-order chi connectivity index (χ1) is 18.2. The van der Waals surface area contributed by atoms with E-state index in [0.29, 0.717) is 12.8 Å². The van der Waals surface area contributed by atoms with Gasteiger partial charge in [0.2, 0.25) is 23.6 Å². The molecule has 0 aromatic rings. The molecule has 39 heavy (non-hydrogen) atoms. The Bertz CT molecular complexity index is 903. The number of hydrogen-bond acceptors (Lipinski definition) is 8. The lowest BCUT2D eigenvalue weighted by Gasteiger charge is -2.26. The van der Waals surface area contributed by atoms with Crippen LogP contribution >= 0.6 is 0 Å². The van der Waals surface area contributed by atoms with Gasteiger partial charge in [-0.2, -0.15) is 0 Å². The molecule has 17 nitrogen and oxygen atoms in total. The van der Waals surface area contributed by atoms with Crippen molar-refractivity contribution in [2.24, 2.45) is 50.3 Å². The first kappa shape index (κ1) is 34.9. The van der Waals surface area contributed by atoms with E-state index in [9.17, 15) is 29.1 Å². The highest BCUT2D eigenvalue weighted by molar-refractivity contribution is 5.96. The number of aliphatic carboxylic acids is 1. The van der Waals surface area contributed by atoms with E-state index in [2.05, 4.69) is 25.9 Å². The third-order valence-electron chi connectivity index (χ3n) is 5.70. The molecule has 0 saturated heterocycles. The summed E-state index contributed by atoms with van der Waals surface area (Å²) in [6.07, 6.45) is 0.755. The summed E-state index contributed by atoms with van der Waals surface area (Å²) in [5.74, 6) is -5.28. The molecule has 222 valence electrons. The second kappa shape index (κ2) is 18.2. The third-order valence-corrected chi connectivity index (χ3v) is 5.70. The van der Waals surface area contributed by atoms with Gasteiger partial charge in [0.25, 0.3) is 0 Å². The molecule has 4 amide bonds. The molecule has 0 spiro atoms. The Labute approximate surface area is 226 Å². The minimum Gasteiger partial charge on any atom is -0.480 e. The molecular formula is C22H43N11O6. The molecule has 0 aromatic carbocycles. The first-order valence-corrected chi connectivity index (χ1v) is 12.5. The topological polar surface area (TPSA) is 323 Å². The van der Waals surface area contributed by atoms with Gasteiger partial charge in [0.15, 0.2) is 11.9 Å². The van der Waals surface area contributed by atoms with Gasteiger partial charge in [-0.3, -0.25) is 29.2 Å². The molecule has 0 fully saturated rings. The number of carboxylic acids is 1. The number of nitrogens with two attached hydrogens (primary N) is 6. The summed E-state index contributed by atoms with van der Waals surface area (Å²) in [6.45, 7) is 3.77. The summed E-state index contributed by atoms with van der Waals surface area (Å²) < 4.78 is 0. The normalized spacial score (nSPS) is 14.4. The zero-order valence-corrected chi connectivity index (χ0v) is 22.4. The Morgan fingerprint density at radius 3 is 1.72 bits per heavy atom. The SMILES string of the molecule is CCC(C)C(NC(=O)C(CC(N)=O)NC(=O)C(CCCN=C(N)N)NC(=O)C(N)CCCN=C(N)N)C(=O)O. The van der Waals surface area contributed by atoms with Crippen LogP contribution in [0.4, 0.5) is 0 Å². The lowest BCUT2D eigenvalue weighted by Crippen LogP contribution is -2.58. The van der Waals surface area contributed by atoms with Crippen LogP contribution in [0.1, 0.15) is 52.4 Å². The van der Waals surface area contributed by atoms with Crippen LogP contribution in [0.15, 0.2) is 9.98 Å². The van der Waals surface area contributed by atoms with Crippen molar-refractivity contribution >= 4 is 41.5 Å². The van der Waals surface area contributed by atoms with E-state index < -0.39 is 66.1 Å². The van der Waals surface area contributed by atoms with Gasteiger partial charge in [0.1, 0.15) is 18.1 Å². The number of hydrogen-bond donors (Lipinski definition) is 10. The van der Waals surface area contributed by atoms with Crippen LogP contribution in [-0.4, -0.2) is 83.9 Å². The molecule has 17 heteroatoms. The summed E-state index contributed by atoms with van der Waals surface area (Å²) in [6, 6.07) is -4.94. The summed E-state index contributed by atoms with van der Waals surface area (Å²) in [5, 5.41) is 16.7. The van der Waals surface area contributed by atoms with Crippen LogP contribution in [0.3, 0.4) is 0 Å². The van der Waals surface area contributed by atoms with Gasteiger partial charge in [0, 0.05) is 13.1 Å². The number of carbonyl (C=O) groups is 5. The van der Waals surface area contributed by atoms with Crippen molar-refractivity contribution in [2.75, 3.05) is 13.1 Å². The monoisotopic (exact) mass is 557 g/mol. The minimum absolute atomic E-state index is 0.0462. The van der Waals surface area contributed by atoms with Crippen LogP contribution in [0.5, 0.6) is 0 Å². The number of carbonyl (C=O) groups excluding carboxylic acids is 4. The highest BCUT2D eigenvalue weighted by atomic mass is 16.4. The van der Waals surface area contributed by atoms with Gasteiger partial charge in [-0.25, -0.2) is 4.79 Å². The molecular weight excluding hydrogens is 514 g/mol. The number of carboxylic acid groups (broad SMARTS) is 1. The smallest absolute Gasteiger partial charge is 0.326 e. The van der Waals surface area contributed by atoms with Crippen LogP contribution in [0.25, 0.3) is 0 Å². The summed E-state index contributed by atoms with van der Waals surface area (Å²) >= 11 is 0. The summed E-state index contributed by atoms with van der Waals surface area (Å²) in [5.41, 5.74) is 32.3. The zero-order valence-electron chi connectivity index (χ0n) is 22.4. The van der Waals surface area contributed by atoms with E-state index in [1.54, 1.807) is 13.8 Å². The Hall–Kier alpha value is -4.15. The fourth-order valence-electron chi connectivity index (χ4n) is 3.32. The number of nitrogens with one attached hydrogen (secondary N) is 3. The van der Waals surface area contributed by atoms with Crippen molar-refractivity contribution in [1.82, 2.24) is 16.0 Å². The predicted octanol–water partition coefficient (Wildman–Crippen LogP) is -4.12. The number of primary amides is 1. The number of amides is 4. The molecule has 16 N–H and O–H groups in total. The highest BCUT2D eigenvalue weighted by Crippen LogP contribution is 2.09. The molecule has 0 aliphatic rings. The molecule has 0 saturated carbocycles. The van der Waals surface area contributed by atoms with E-state index in [-0.39, 0.29) is 44.3 Å². The van der Waals surface area contributed by atoms with Crippen LogP contribution in [-0.2, 0) is 24.0 Å². The molecule has 0 aliphatic carbocycles. The lowest BCUT2D eigenvalue weighted by atomic mass is 9.98. The Morgan fingerprint density at radius 1 is 0.769 bits per heavy atom. The van der Waals surface area contributed by atoms with Gasteiger partial charge >= 0.3 is 5.97 Å². The summed E-state index contributed by atoms with van der Waals surface area (Å²) in [4.78, 5) is 69.5. The fourth-order valence-corrected chi connectivity index (χ4v) is 3.32. The average molecular weight is 558 g/mol. The van der Waals surface area contributed by atoms with E-state index in [1.165, 1.54) is 0 Å². The second-order valence-corrected chi connectivity index (χ2v) is 9.01.